The molecule has 2 aliphatic rings. The number of rotatable bonds is 3. The van der Waals surface area contributed by atoms with Gasteiger partial charge in [0, 0.05) is 25.0 Å². The van der Waals surface area contributed by atoms with Crippen molar-refractivity contribution in [2.45, 2.75) is 36.2 Å². The number of fused-ring (bicyclic) bond motifs is 1. The normalized spacial score (nSPS) is 27.2. The highest BCUT2D eigenvalue weighted by Gasteiger charge is 2.31. The Morgan fingerprint density at radius 2 is 2.14 bits per heavy atom. The second kappa shape index (κ2) is 5.38. The third kappa shape index (κ3) is 2.94. The predicted octanol–water partition coefficient (Wildman–Crippen LogP) is 0.912. The van der Waals surface area contributed by atoms with E-state index in [0.717, 1.165) is 6.42 Å². The van der Waals surface area contributed by atoms with Crippen LogP contribution in [0.25, 0.3) is 0 Å². The van der Waals surface area contributed by atoms with Crippen LogP contribution in [-0.2, 0) is 14.6 Å². The molecule has 0 aromatic heterocycles. The fraction of sp³-hybridized carbons (Fsp3) is 0.500. The number of halogens is 1. The van der Waals surface area contributed by atoms with E-state index < -0.39 is 15.7 Å². The van der Waals surface area contributed by atoms with Crippen LogP contribution in [0.2, 0.25) is 0 Å². The van der Waals surface area contributed by atoms with Crippen LogP contribution in [0.15, 0.2) is 23.1 Å². The molecule has 1 saturated heterocycles. The molecule has 7 heteroatoms. The molecular formula is C14H17FN2O3S. The van der Waals surface area contributed by atoms with Crippen LogP contribution < -0.4 is 10.6 Å². The summed E-state index contributed by atoms with van der Waals surface area (Å²) < 4.78 is 37.5. The molecule has 5 nitrogen and oxygen atoms in total. The smallest absolute Gasteiger partial charge is 0.220 e. The van der Waals surface area contributed by atoms with E-state index in [9.17, 15) is 17.6 Å². The lowest BCUT2D eigenvalue weighted by atomic mass is 10.0. The second-order valence-corrected chi connectivity index (χ2v) is 7.63. The van der Waals surface area contributed by atoms with Crippen LogP contribution in [0, 0.1) is 5.82 Å². The van der Waals surface area contributed by atoms with Gasteiger partial charge in [0.2, 0.25) is 5.91 Å². The standard InChI is InChI=1S/C14H17FN2O3S/c15-9-1-3-13-11(7-9)12(5-6-21(13,19)20)16-8-10-2-4-14(18)17-10/h1,3,7,10,12,16H,2,4-6,8H2,(H,17,18). The van der Waals surface area contributed by atoms with Crippen LogP contribution in [0.4, 0.5) is 4.39 Å². The summed E-state index contributed by atoms with van der Waals surface area (Å²) in [4.78, 5) is 11.4. The number of carbonyl (C=O) groups excluding carboxylic acids is 1. The van der Waals surface area contributed by atoms with E-state index in [1.807, 2.05) is 0 Å². The number of amides is 1. The Balaban J connectivity index is 1.78. The third-order valence-corrected chi connectivity index (χ3v) is 5.87. The highest BCUT2D eigenvalue weighted by molar-refractivity contribution is 7.91. The minimum Gasteiger partial charge on any atom is -0.352 e. The average molecular weight is 312 g/mol. The van der Waals surface area contributed by atoms with E-state index >= 15 is 0 Å². The Kier molecular flexibility index (Phi) is 3.71. The fourth-order valence-electron chi connectivity index (χ4n) is 2.94. The first-order valence-electron chi connectivity index (χ1n) is 7.01. The topological polar surface area (TPSA) is 75.3 Å². The number of hydrogen-bond acceptors (Lipinski definition) is 4. The van der Waals surface area contributed by atoms with Crippen molar-refractivity contribution in [3.8, 4) is 0 Å². The Hall–Kier alpha value is -1.47. The Morgan fingerprint density at radius 1 is 1.33 bits per heavy atom. The van der Waals surface area contributed by atoms with Gasteiger partial charge in [0.05, 0.1) is 10.6 Å². The van der Waals surface area contributed by atoms with Gasteiger partial charge in [-0.15, -0.1) is 0 Å². The summed E-state index contributed by atoms with van der Waals surface area (Å²) in [6, 6.07) is 3.67. The van der Waals surface area contributed by atoms with Crippen molar-refractivity contribution in [2.24, 2.45) is 0 Å². The van der Waals surface area contributed by atoms with Crippen LogP contribution in [0.1, 0.15) is 30.9 Å². The van der Waals surface area contributed by atoms with Gasteiger partial charge in [-0.3, -0.25) is 4.79 Å². The van der Waals surface area contributed by atoms with Gasteiger partial charge >= 0.3 is 0 Å². The highest BCUT2D eigenvalue weighted by atomic mass is 32.2. The molecule has 2 atom stereocenters. The zero-order valence-corrected chi connectivity index (χ0v) is 12.2. The number of hydrogen-bond donors (Lipinski definition) is 2. The van der Waals surface area contributed by atoms with Crippen LogP contribution in [0.3, 0.4) is 0 Å². The lowest BCUT2D eigenvalue weighted by molar-refractivity contribution is -0.119. The molecule has 1 aromatic rings. The number of carbonyl (C=O) groups is 1. The van der Waals surface area contributed by atoms with Gasteiger partial charge in [-0.1, -0.05) is 0 Å². The Morgan fingerprint density at radius 3 is 2.86 bits per heavy atom. The molecule has 0 bridgehead atoms. The summed E-state index contributed by atoms with van der Waals surface area (Å²) in [6.45, 7) is 0.562. The molecule has 0 spiro atoms. The maximum absolute atomic E-state index is 13.4. The summed E-state index contributed by atoms with van der Waals surface area (Å²) >= 11 is 0. The van der Waals surface area contributed by atoms with Gasteiger partial charge in [-0.25, -0.2) is 12.8 Å². The third-order valence-electron chi connectivity index (χ3n) is 4.05. The molecule has 1 fully saturated rings. The van der Waals surface area contributed by atoms with Crippen LogP contribution in [0.5, 0.6) is 0 Å². The van der Waals surface area contributed by atoms with E-state index in [0.29, 0.717) is 24.9 Å². The molecule has 2 N–H and O–H groups in total. The average Bonchev–Trinajstić information content (AvgIpc) is 2.83. The maximum atomic E-state index is 13.4. The molecule has 2 unspecified atom stereocenters. The van der Waals surface area contributed by atoms with E-state index in [4.69, 9.17) is 0 Å². The summed E-state index contributed by atoms with van der Waals surface area (Å²) in [5, 5.41) is 6.11. The van der Waals surface area contributed by atoms with Crippen LogP contribution >= 0.6 is 0 Å². The van der Waals surface area contributed by atoms with Crippen molar-refractivity contribution in [2.75, 3.05) is 12.3 Å². The van der Waals surface area contributed by atoms with Gasteiger partial charge in [-0.2, -0.15) is 0 Å². The van der Waals surface area contributed by atoms with Crippen molar-refractivity contribution in [3.05, 3.63) is 29.6 Å². The van der Waals surface area contributed by atoms with Gasteiger partial charge in [0.1, 0.15) is 5.82 Å². The Bertz CT molecular complexity index is 675. The first kappa shape index (κ1) is 14.5. The van der Waals surface area contributed by atoms with Crippen molar-refractivity contribution < 1.29 is 17.6 Å². The zero-order chi connectivity index (χ0) is 15.0. The number of nitrogens with one attached hydrogen (secondary N) is 2. The number of sulfone groups is 1. The largest absolute Gasteiger partial charge is 0.352 e. The molecule has 3 rings (SSSR count). The predicted molar refractivity (Wildman–Crippen MR) is 75.0 cm³/mol. The fourth-order valence-corrected chi connectivity index (χ4v) is 4.54. The molecule has 114 valence electrons. The van der Waals surface area contributed by atoms with E-state index in [-0.39, 0.29) is 28.6 Å². The SMILES string of the molecule is O=C1CCC(CNC2CCS(=O)(=O)c3ccc(F)cc32)N1. The molecule has 2 heterocycles. The molecule has 21 heavy (non-hydrogen) atoms. The van der Waals surface area contributed by atoms with Gasteiger partial charge in [0.25, 0.3) is 0 Å². The summed E-state index contributed by atoms with van der Waals surface area (Å²) in [5.74, 6) is -0.341. The first-order valence-corrected chi connectivity index (χ1v) is 8.66. The number of benzene rings is 1. The molecule has 0 saturated carbocycles. The van der Waals surface area contributed by atoms with Gasteiger partial charge in [-0.05, 0) is 36.6 Å². The minimum absolute atomic E-state index is 0.0412. The van der Waals surface area contributed by atoms with Crippen molar-refractivity contribution in [1.29, 1.82) is 0 Å². The van der Waals surface area contributed by atoms with Crippen molar-refractivity contribution in [1.82, 2.24) is 10.6 Å². The summed E-state index contributed by atoms with van der Waals surface area (Å²) in [7, 11) is -3.31. The lowest BCUT2D eigenvalue weighted by Crippen LogP contribution is -2.39. The van der Waals surface area contributed by atoms with Crippen molar-refractivity contribution in [3.63, 3.8) is 0 Å². The molecule has 1 aromatic carbocycles. The molecule has 1 amide bonds. The summed E-state index contributed by atoms with van der Waals surface area (Å²) in [6.07, 6.45) is 1.71. The molecule has 0 radical (unpaired) electrons. The first-order chi connectivity index (χ1) is 9.95. The van der Waals surface area contributed by atoms with E-state index in [1.54, 1.807) is 0 Å². The minimum atomic E-state index is -3.31. The molecular weight excluding hydrogens is 295 g/mol. The van der Waals surface area contributed by atoms with E-state index in [2.05, 4.69) is 10.6 Å². The Labute approximate surface area is 122 Å². The highest BCUT2D eigenvalue weighted by Crippen LogP contribution is 2.32. The van der Waals surface area contributed by atoms with Gasteiger partial charge < -0.3 is 10.6 Å². The molecule has 2 aliphatic heterocycles. The monoisotopic (exact) mass is 312 g/mol. The lowest BCUT2D eigenvalue weighted by Gasteiger charge is -2.27. The van der Waals surface area contributed by atoms with Crippen LogP contribution in [-0.4, -0.2) is 32.7 Å². The van der Waals surface area contributed by atoms with Gasteiger partial charge in [0.15, 0.2) is 9.84 Å². The van der Waals surface area contributed by atoms with Crippen molar-refractivity contribution >= 4 is 15.7 Å². The summed E-state index contributed by atoms with van der Waals surface area (Å²) in [5.41, 5.74) is 0.491. The second-order valence-electron chi connectivity index (χ2n) is 5.55. The molecule has 0 aliphatic carbocycles. The quantitative estimate of drug-likeness (QED) is 0.814. The van der Waals surface area contributed by atoms with E-state index in [1.165, 1.54) is 18.2 Å². The zero-order valence-electron chi connectivity index (χ0n) is 11.4. The maximum Gasteiger partial charge on any atom is 0.220 e.